The van der Waals surface area contributed by atoms with Crippen LogP contribution in [0, 0.1) is 0 Å². The molecule has 106 valence electrons. The highest BCUT2D eigenvalue weighted by Gasteiger charge is 2.08. The van der Waals surface area contributed by atoms with Gasteiger partial charge in [0.25, 0.3) is 0 Å². The number of nitrogens with two attached hydrogens (primary N) is 1. The zero-order chi connectivity index (χ0) is 14.4. The van der Waals surface area contributed by atoms with Gasteiger partial charge in [-0.25, -0.2) is 0 Å². The van der Waals surface area contributed by atoms with Gasteiger partial charge < -0.3 is 5.73 Å². The molecule has 0 saturated carbocycles. The molecule has 0 aliphatic carbocycles. The number of pyridine rings is 1. The standard InChI is InChI=1S/C16H20ClN3/c1-2-20(11-13-5-7-19-8-6-13)12-15-4-3-14(10-18)9-16(15)17/h3-9H,2,10-12,18H2,1H3. The van der Waals surface area contributed by atoms with Gasteiger partial charge in [-0.3, -0.25) is 9.88 Å². The van der Waals surface area contributed by atoms with Crippen molar-refractivity contribution < 1.29 is 0 Å². The highest BCUT2D eigenvalue weighted by molar-refractivity contribution is 6.31. The van der Waals surface area contributed by atoms with E-state index in [9.17, 15) is 0 Å². The summed E-state index contributed by atoms with van der Waals surface area (Å²) >= 11 is 6.32. The van der Waals surface area contributed by atoms with Crippen LogP contribution in [0.2, 0.25) is 5.02 Å². The van der Waals surface area contributed by atoms with Crippen LogP contribution >= 0.6 is 11.6 Å². The van der Waals surface area contributed by atoms with Crippen molar-refractivity contribution in [3.63, 3.8) is 0 Å². The van der Waals surface area contributed by atoms with Crippen molar-refractivity contribution in [3.05, 3.63) is 64.4 Å². The van der Waals surface area contributed by atoms with E-state index in [2.05, 4.69) is 22.9 Å². The Bertz CT molecular complexity index is 543. The Morgan fingerprint density at radius 2 is 1.85 bits per heavy atom. The molecule has 1 aromatic heterocycles. The van der Waals surface area contributed by atoms with Crippen molar-refractivity contribution in [2.24, 2.45) is 5.73 Å². The molecular formula is C16H20ClN3. The Kier molecular flexibility index (Phi) is 5.53. The fraction of sp³-hybridized carbons (Fsp3) is 0.312. The highest BCUT2D eigenvalue weighted by atomic mass is 35.5. The number of rotatable bonds is 6. The van der Waals surface area contributed by atoms with Crippen LogP contribution in [-0.2, 0) is 19.6 Å². The lowest BCUT2D eigenvalue weighted by atomic mass is 10.1. The van der Waals surface area contributed by atoms with Crippen LogP contribution < -0.4 is 5.73 Å². The van der Waals surface area contributed by atoms with E-state index >= 15 is 0 Å². The van der Waals surface area contributed by atoms with Gasteiger partial charge in [0.05, 0.1) is 0 Å². The van der Waals surface area contributed by atoms with E-state index in [1.165, 1.54) is 5.56 Å². The molecule has 4 heteroatoms. The molecule has 0 aliphatic heterocycles. The van der Waals surface area contributed by atoms with Crippen molar-refractivity contribution in [2.75, 3.05) is 6.54 Å². The first-order valence-corrected chi connectivity index (χ1v) is 7.19. The smallest absolute Gasteiger partial charge is 0.0454 e. The maximum absolute atomic E-state index is 6.32. The minimum absolute atomic E-state index is 0.522. The molecule has 2 N–H and O–H groups in total. The van der Waals surface area contributed by atoms with Crippen LogP contribution in [0.15, 0.2) is 42.7 Å². The van der Waals surface area contributed by atoms with E-state index in [1.54, 1.807) is 0 Å². The van der Waals surface area contributed by atoms with E-state index in [0.29, 0.717) is 6.54 Å². The summed E-state index contributed by atoms with van der Waals surface area (Å²) in [5.74, 6) is 0. The molecule has 3 nitrogen and oxygen atoms in total. The van der Waals surface area contributed by atoms with Gasteiger partial charge in [-0.2, -0.15) is 0 Å². The zero-order valence-electron chi connectivity index (χ0n) is 11.7. The van der Waals surface area contributed by atoms with Crippen LogP contribution in [0.5, 0.6) is 0 Å². The van der Waals surface area contributed by atoms with Crippen LogP contribution in [0.25, 0.3) is 0 Å². The number of hydrogen-bond acceptors (Lipinski definition) is 3. The summed E-state index contributed by atoms with van der Waals surface area (Å²) in [6.07, 6.45) is 3.65. The Hall–Kier alpha value is -1.42. The van der Waals surface area contributed by atoms with E-state index in [-0.39, 0.29) is 0 Å². The van der Waals surface area contributed by atoms with E-state index in [4.69, 9.17) is 17.3 Å². The average Bonchev–Trinajstić information content (AvgIpc) is 2.49. The molecule has 0 saturated heterocycles. The number of aromatic nitrogens is 1. The predicted molar refractivity (Wildman–Crippen MR) is 83.4 cm³/mol. The van der Waals surface area contributed by atoms with Crippen molar-refractivity contribution in [2.45, 2.75) is 26.6 Å². The minimum atomic E-state index is 0.522. The van der Waals surface area contributed by atoms with Gasteiger partial charge in [-0.15, -0.1) is 0 Å². The van der Waals surface area contributed by atoms with Crippen molar-refractivity contribution in [1.82, 2.24) is 9.88 Å². The molecular weight excluding hydrogens is 270 g/mol. The highest BCUT2D eigenvalue weighted by Crippen LogP contribution is 2.20. The SMILES string of the molecule is CCN(Cc1ccncc1)Cc1ccc(CN)cc1Cl. The normalized spacial score (nSPS) is 11.0. The first-order valence-electron chi connectivity index (χ1n) is 6.81. The summed E-state index contributed by atoms with van der Waals surface area (Å²) < 4.78 is 0. The third kappa shape index (κ3) is 4.04. The average molecular weight is 290 g/mol. The maximum atomic E-state index is 6.32. The van der Waals surface area contributed by atoms with Gasteiger partial charge in [0.15, 0.2) is 0 Å². The van der Waals surface area contributed by atoms with E-state index < -0.39 is 0 Å². The van der Waals surface area contributed by atoms with Crippen LogP contribution in [0.4, 0.5) is 0 Å². The summed E-state index contributed by atoms with van der Waals surface area (Å²) in [6.45, 7) is 5.38. The number of nitrogens with zero attached hydrogens (tertiary/aromatic N) is 2. The lowest BCUT2D eigenvalue weighted by Gasteiger charge is -2.21. The third-order valence-electron chi connectivity index (χ3n) is 3.35. The second-order valence-corrected chi connectivity index (χ2v) is 5.20. The van der Waals surface area contributed by atoms with Gasteiger partial charge in [-0.05, 0) is 41.4 Å². The molecule has 0 aliphatic rings. The molecule has 2 rings (SSSR count). The molecule has 0 unspecified atom stereocenters. The van der Waals surface area contributed by atoms with Gasteiger partial charge in [0.2, 0.25) is 0 Å². The number of hydrogen-bond donors (Lipinski definition) is 1. The van der Waals surface area contributed by atoms with Crippen molar-refractivity contribution in [1.29, 1.82) is 0 Å². The molecule has 1 heterocycles. The first kappa shape index (κ1) is 15.0. The van der Waals surface area contributed by atoms with Gasteiger partial charge in [0, 0.05) is 37.1 Å². The molecule has 0 fully saturated rings. The maximum Gasteiger partial charge on any atom is 0.0454 e. The van der Waals surface area contributed by atoms with E-state index in [0.717, 1.165) is 35.8 Å². The van der Waals surface area contributed by atoms with Crippen LogP contribution in [0.3, 0.4) is 0 Å². The quantitative estimate of drug-likeness (QED) is 0.888. The van der Waals surface area contributed by atoms with Gasteiger partial charge >= 0.3 is 0 Å². The molecule has 1 aromatic carbocycles. The monoisotopic (exact) mass is 289 g/mol. The third-order valence-corrected chi connectivity index (χ3v) is 3.70. The Morgan fingerprint density at radius 1 is 1.10 bits per heavy atom. The molecule has 0 spiro atoms. The summed E-state index contributed by atoms with van der Waals surface area (Å²) in [7, 11) is 0. The number of halogens is 1. The molecule has 20 heavy (non-hydrogen) atoms. The van der Waals surface area contributed by atoms with Crippen molar-refractivity contribution in [3.8, 4) is 0 Å². The lowest BCUT2D eigenvalue weighted by Crippen LogP contribution is -2.22. The Balaban J connectivity index is 2.06. The van der Waals surface area contributed by atoms with Crippen LogP contribution in [0.1, 0.15) is 23.6 Å². The Labute approximate surface area is 125 Å². The predicted octanol–water partition coefficient (Wildman–Crippen LogP) is 3.22. The second-order valence-electron chi connectivity index (χ2n) is 4.79. The fourth-order valence-electron chi connectivity index (χ4n) is 2.11. The molecule has 2 aromatic rings. The summed E-state index contributed by atoms with van der Waals surface area (Å²) in [5.41, 5.74) is 9.09. The molecule has 0 atom stereocenters. The molecule has 0 bridgehead atoms. The zero-order valence-corrected chi connectivity index (χ0v) is 12.5. The summed E-state index contributed by atoms with van der Waals surface area (Å²) in [4.78, 5) is 6.39. The van der Waals surface area contributed by atoms with E-state index in [1.807, 2.05) is 36.7 Å². The molecule has 0 amide bonds. The largest absolute Gasteiger partial charge is 0.326 e. The van der Waals surface area contributed by atoms with Gasteiger partial charge in [-0.1, -0.05) is 30.7 Å². The number of benzene rings is 1. The lowest BCUT2D eigenvalue weighted by molar-refractivity contribution is 0.271. The first-order chi connectivity index (χ1) is 9.72. The summed E-state index contributed by atoms with van der Waals surface area (Å²) in [5, 5.41) is 0.793. The summed E-state index contributed by atoms with van der Waals surface area (Å²) in [6, 6.07) is 10.2. The van der Waals surface area contributed by atoms with Gasteiger partial charge in [0.1, 0.15) is 0 Å². The minimum Gasteiger partial charge on any atom is -0.326 e. The Morgan fingerprint density at radius 3 is 2.45 bits per heavy atom. The fourth-order valence-corrected chi connectivity index (χ4v) is 2.38. The van der Waals surface area contributed by atoms with Crippen LogP contribution in [-0.4, -0.2) is 16.4 Å². The second kappa shape index (κ2) is 7.39. The molecule has 0 radical (unpaired) electrons. The topological polar surface area (TPSA) is 42.2 Å². The van der Waals surface area contributed by atoms with Crippen molar-refractivity contribution >= 4 is 11.6 Å².